The lowest BCUT2D eigenvalue weighted by Crippen LogP contribution is -2.53. The van der Waals surface area contributed by atoms with Crippen LogP contribution in [0.4, 0.5) is 0 Å². The number of alkyl halides is 1. The zero-order chi connectivity index (χ0) is 12.4. The van der Waals surface area contributed by atoms with Crippen molar-refractivity contribution in [2.45, 2.75) is 52.7 Å². The quantitative estimate of drug-likeness (QED) is 0.740. The van der Waals surface area contributed by atoms with E-state index in [-0.39, 0.29) is 5.60 Å². The fourth-order valence-electron chi connectivity index (χ4n) is 2.16. The molecule has 16 heavy (non-hydrogen) atoms. The average Bonchev–Trinajstić information content (AvgIpc) is 2.11. The van der Waals surface area contributed by atoms with Crippen molar-refractivity contribution < 1.29 is 4.74 Å². The largest absolute Gasteiger partial charge is 0.369 e. The lowest BCUT2D eigenvalue weighted by atomic mass is 9.91. The molecule has 1 rings (SSSR count). The van der Waals surface area contributed by atoms with Crippen molar-refractivity contribution in [3.63, 3.8) is 0 Å². The summed E-state index contributed by atoms with van der Waals surface area (Å²) < 4.78 is 6.00. The number of nitrogens with zero attached hydrogens (tertiary/aromatic N) is 1. The van der Waals surface area contributed by atoms with E-state index in [1.54, 1.807) is 0 Å². The Bertz CT molecular complexity index is 222. The first-order chi connectivity index (χ1) is 7.22. The van der Waals surface area contributed by atoms with Gasteiger partial charge in [0, 0.05) is 18.4 Å². The van der Waals surface area contributed by atoms with Gasteiger partial charge in [-0.05, 0) is 32.2 Å². The molecule has 1 atom stereocenters. The molecule has 2 nitrogen and oxygen atoms in total. The maximum absolute atomic E-state index is 6.00. The summed E-state index contributed by atoms with van der Waals surface area (Å²) in [5.41, 5.74) is 0.418. The van der Waals surface area contributed by atoms with E-state index in [4.69, 9.17) is 4.74 Å². The second-order valence-corrected chi connectivity index (χ2v) is 7.35. The molecular formula is C13H26BrNO. The van der Waals surface area contributed by atoms with Gasteiger partial charge in [-0.25, -0.2) is 0 Å². The summed E-state index contributed by atoms with van der Waals surface area (Å²) in [5.74, 6) is 0. The van der Waals surface area contributed by atoms with E-state index in [0.717, 1.165) is 18.4 Å². The summed E-state index contributed by atoms with van der Waals surface area (Å²) in [6.45, 7) is 14.6. The van der Waals surface area contributed by atoms with Crippen LogP contribution in [0.1, 0.15) is 41.0 Å². The van der Waals surface area contributed by atoms with Gasteiger partial charge >= 0.3 is 0 Å². The Morgan fingerprint density at radius 3 is 2.50 bits per heavy atom. The molecule has 0 saturated carbocycles. The first-order valence-corrected chi connectivity index (χ1v) is 7.30. The topological polar surface area (TPSA) is 12.5 Å². The molecule has 0 spiro atoms. The highest BCUT2D eigenvalue weighted by Gasteiger charge is 2.32. The van der Waals surface area contributed by atoms with Gasteiger partial charge in [0.15, 0.2) is 0 Å². The Morgan fingerprint density at radius 1 is 1.38 bits per heavy atom. The van der Waals surface area contributed by atoms with E-state index in [1.807, 2.05) is 0 Å². The molecule has 1 aliphatic heterocycles. The van der Waals surface area contributed by atoms with Gasteiger partial charge < -0.3 is 4.74 Å². The van der Waals surface area contributed by atoms with Gasteiger partial charge in [0.25, 0.3) is 0 Å². The number of hydrogen-bond donors (Lipinski definition) is 0. The Hall–Kier alpha value is 0.400. The maximum Gasteiger partial charge on any atom is 0.0806 e. The molecule has 1 heterocycles. The molecular weight excluding hydrogens is 266 g/mol. The Morgan fingerprint density at radius 2 is 2.00 bits per heavy atom. The molecule has 0 aliphatic carbocycles. The van der Waals surface area contributed by atoms with Gasteiger partial charge in [0.2, 0.25) is 0 Å². The second kappa shape index (κ2) is 5.36. The molecule has 0 radical (unpaired) electrons. The van der Waals surface area contributed by atoms with E-state index in [9.17, 15) is 0 Å². The van der Waals surface area contributed by atoms with Crippen molar-refractivity contribution in [1.29, 1.82) is 0 Å². The van der Waals surface area contributed by atoms with E-state index >= 15 is 0 Å². The van der Waals surface area contributed by atoms with E-state index in [0.29, 0.717) is 11.5 Å². The van der Waals surface area contributed by atoms with Gasteiger partial charge in [0.05, 0.1) is 11.7 Å². The molecule has 0 bridgehead atoms. The molecule has 0 aromatic carbocycles. The predicted molar refractivity (Wildman–Crippen MR) is 73.3 cm³/mol. The molecule has 96 valence electrons. The highest BCUT2D eigenvalue weighted by molar-refractivity contribution is 9.09. The zero-order valence-corrected chi connectivity index (χ0v) is 12.9. The minimum atomic E-state index is -0.00539. The number of ether oxygens (including phenoxy) is 1. The van der Waals surface area contributed by atoms with Crippen LogP contribution in [0.3, 0.4) is 0 Å². The second-order valence-electron chi connectivity index (χ2n) is 6.70. The van der Waals surface area contributed by atoms with Gasteiger partial charge in [-0.1, -0.05) is 36.7 Å². The van der Waals surface area contributed by atoms with E-state index < -0.39 is 0 Å². The summed E-state index contributed by atoms with van der Waals surface area (Å²) >= 11 is 3.53. The van der Waals surface area contributed by atoms with Crippen molar-refractivity contribution in [2.24, 2.45) is 5.41 Å². The third kappa shape index (κ3) is 5.15. The van der Waals surface area contributed by atoms with E-state index in [1.165, 1.54) is 13.0 Å². The Labute approximate surface area is 109 Å². The van der Waals surface area contributed by atoms with Crippen LogP contribution in [0.5, 0.6) is 0 Å². The zero-order valence-electron chi connectivity index (χ0n) is 11.3. The van der Waals surface area contributed by atoms with Crippen molar-refractivity contribution in [2.75, 3.05) is 25.0 Å². The predicted octanol–water partition coefficient (Wildman–Crippen LogP) is 3.30. The average molecular weight is 292 g/mol. The number of morpholine rings is 1. The van der Waals surface area contributed by atoms with Crippen LogP contribution in [0.25, 0.3) is 0 Å². The highest BCUT2D eigenvalue weighted by atomic mass is 79.9. The minimum Gasteiger partial charge on any atom is -0.369 e. The molecule has 1 aliphatic rings. The Balaban J connectivity index is 2.47. The summed E-state index contributed by atoms with van der Waals surface area (Å²) in [5, 5.41) is 0.933. The molecule has 3 heteroatoms. The molecule has 1 unspecified atom stereocenters. The minimum absolute atomic E-state index is 0.00539. The Kier molecular flexibility index (Phi) is 4.85. The summed E-state index contributed by atoms with van der Waals surface area (Å²) in [6.07, 6.45) is 1.58. The third-order valence-electron chi connectivity index (χ3n) is 2.90. The maximum atomic E-state index is 6.00. The summed E-state index contributed by atoms with van der Waals surface area (Å²) in [7, 11) is 0. The standard InChI is InChI=1S/C13H26BrNO/c1-12(2,3)6-7-15-9-11(8-14)16-13(4,5)10-15/h11H,6-10H2,1-5H3. The number of hydrogen-bond acceptors (Lipinski definition) is 2. The molecule has 1 fully saturated rings. The van der Waals surface area contributed by atoms with Crippen LogP contribution >= 0.6 is 15.9 Å². The molecule has 0 N–H and O–H groups in total. The SMILES string of the molecule is CC(C)(C)CCN1CC(CBr)OC(C)(C)C1. The summed E-state index contributed by atoms with van der Waals surface area (Å²) in [6, 6.07) is 0. The van der Waals surface area contributed by atoms with Crippen LogP contribution < -0.4 is 0 Å². The smallest absolute Gasteiger partial charge is 0.0806 e. The van der Waals surface area contributed by atoms with Crippen LogP contribution in [0.15, 0.2) is 0 Å². The van der Waals surface area contributed by atoms with E-state index in [2.05, 4.69) is 55.4 Å². The van der Waals surface area contributed by atoms with Gasteiger partial charge in [-0.3, -0.25) is 4.90 Å². The molecule has 0 aromatic heterocycles. The molecule has 0 aromatic rings. The first-order valence-electron chi connectivity index (χ1n) is 6.18. The lowest BCUT2D eigenvalue weighted by Gasteiger charge is -2.43. The fourth-order valence-corrected chi connectivity index (χ4v) is 2.50. The van der Waals surface area contributed by atoms with Crippen molar-refractivity contribution in [3.05, 3.63) is 0 Å². The van der Waals surface area contributed by atoms with Crippen LogP contribution in [-0.4, -0.2) is 41.6 Å². The number of rotatable bonds is 3. The van der Waals surface area contributed by atoms with Gasteiger partial charge in [-0.2, -0.15) is 0 Å². The normalized spacial score (nSPS) is 27.0. The van der Waals surface area contributed by atoms with Crippen molar-refractivity contribution >= 4 is 15.9 Å². The van der Waals surface area contributed by atoms with Crippen LogP contribution in [-0.2, 0) is 4.74 Å². The monoisotopic (exact) mass is 291 g/mol. The lowest BCUT2D eigenvalue weighted by molar-refractivity contribution is -0.127. The van der Waals surface area contributed by atoms with Crippen LogP contribution in [0.2, 0.25) is 0 Å². The third-order valence-corrected chi connectivity index (χ3v) is 3.62. The molecule has 1 saturated heterocycles. The van der Waals surface area contributed by atoms with Gasteiger partial charge in [0.1, 0.15) is 0 Å². The van der Waals surface area contributed by atoms with Gasteiger partial charge in [-0.15, -0.1) is 0 Å². The number of halogens is 1. The first kappa shape index (κ1) is 14.5. The van der Waals surface area contributed by atoms with Crippen molar-refractivity contribution in [1.82, 2.24) is 4.90 Å². The molecule has 0 amide bonds. The highest BCUT2D eigenvalue weighted by Crippen LogP contribution is 2.25. The summed E-state index contributed by atoms with van der Waals surface area (Å²) in [4.78, 5) is 2.54. The van der Waals surface area contributed by atoms with Crippen LogP contribution in [0, 0.1) is 5.41 Å². The van der Waals surface area contributed by atoms with Crippen molar-refractivity contribution in [3.8, 4) is 0 Å². The fraction of sp³-hybridized carbons (Fsp3) is 1.00.